The van der Waals surface area contributed by atoms with Crippen LogP contribution in [-0.4, -0.2) is 123 Å². The van der Waals surface area contributed by atoms with Gasteiger partial charge in [0.25, 0.3) is 0 Å². The van der Waals surface area contributed by atoms with E-state index in [1.165, 1.54) is 199 Å². The highest BCUT2D eigenvalue weighted by Crippen LogP contribution is 2.23. The Labute approximate surface area is 406 Å². The fourth-order valence-corrected chi connectivity index (χ4v) is 9.50. The number of carbonyl (C=O) groups excluding carboxylic acids is 1. The van der Waals surface area contributed by atoms with E-state index >= 15 is 0 Å². The van der Waals surface area contributed by atoms with Gasteiger partial charge in [-0.2, -0.15) is 0 Å². The van der Waals surface area contributed by atoms with Gasteiger partial charge in [0.15, 0.2) is 6.29 Å². The van der Waals surface area contributed by atoms with Crippen LogP contribution >= 0.6 is 0 Å². The highest BCUT2D eigenvalue weighted by molar-refractivity contribution is 5.76. The number of nitrogens with zero attached hydrogens (tertiary/aromatic N) is 1. The van der Waals surface area contributed by atoms with E-state index in [4.69, 9.17) is 9.47 Å². The van der Waals surface area contributed by atoms with Crippen molar-refractivity contribution in [2.45, 2.75) is 314 Å². The standard InChI is InChI=1S/C55H110N2O9/c1-4-7-10-13-16-19-20-21-22-25-30-35-40-48(59)51(61)47(46-65-55-54(64)53(63)52(62)49(45-58)66-55)56-50(60)41-36-31-26-29-34-39-44-57(42-37-32-27-23-17-14-11-8-5-2)43-38-33-28-24-18-15-12-9-6-3/h47-49,51-55,58-59,61-64H,4-46H2,1-3H3,(H,56,60)/t47-,48+,49+,51-,52-,53-,54+,55-/m0/s1. The van der Waals surface area contributed by atoms with Crippen molar-refractivity contribution in [3.05, 3.63) is 0 Å². The summed E-state index contributed by atoms with van der Waals surface area (Å²) in [7, 11) is 0. The molecule has 1 amide bonds. The minimum Gasteiger partial charge on any atom is -0.394 e. The van der Waals surface area contributed by atoms with Gasteiger partial charge in [-0.3, -0.25) is 4.79 Å². The molecule has 1 aliphatic rings. The van der Waals surface area contributed by atoms with Crippen LogP contribution in [0.1, 0.15) is 265 Å². The molecule has 0 aromatic carbocycles. The SMILES string of the molecule is CCCCCCCCCCCCCC[C@@H](O)[C@@H](O)[C@H](CO[C@H]1O[C@H](CO)[C@H](O)[C@H](O)[C@H]1O)NC(=O)CCCCCCCCN(CCCCCCCCCCC)CCCCCCCCCCC. The average Bonchev–Trinajstić information content (AvgIpc) is 3.32. The summed E-state index contributed by atoms with van der Waals surface area (Å²) in [6.07, 6.45) is 36.1. The Morgan fingerprint density at radius 1 is 0.515 bits per heavy atom. The van der Waals surface area contributed by atoms with E-state index in [2.05, 4.69) is 31.0 Å². The first-order valence-corrected chi connectivity index (χ1v) is 28.5. The highest BCUT2D eigenvalue weighted by Gasteiger charge is 2.44. The summed E-state index contributed by atoms with van der Waals surface area (Å²) in [6, 6.07) is -0.994. The summed E-state index contributed by atoms with van der Waals surface area (Å²) in [4.78, 5) is 15.9. The Morgan fingerprint density at radius 3 is 1.27 bits per heavy atom. The minimum absolute atomic E-state index is 0.252. The van der Waals surface area contributed by atoms with Crippen molar-refractivity contribution in [1.29, 1.82) is 0 Å². The van der Waals surface area contributed by atoms with Crippen LogP contribution in [0.25, 0.3) is 0 Å². The molecular formula is C55H110N2O9. The number of aliphatic hydroxyl groups is 6. The second-order valence-corrected chi connectivity index (χ2v) is 20.3. The highest BCUT2D eigenvalue weighted by atomic mass is 16.7. The number of carbonyl (C=O) groups is 1. The molecule has 0 unspecified atom stereocenters. The van der Waals surface area contributed by atoms with Crippen LogP contribution in [-0.2, 0) is 14.3 Å². The third-order valence-corrected chi connectivity index (χ3v) is 14.1. The van der Waals surface area contributed by atoms with Crippen LogP contribution in [0.15, 0.2) is 0 Å². The summed E-state index contributed by atoms with van der Waals surface area (Å²) in [5, 5.41) is 65.7. The summed E-state index contributed by atoms with van der Waals surface area (Å²) >= 11 is 0. The van der Waals surface area contributed by atoms with Crippen LogP contribution in [0, 0.1) is 0 Å². The van der Waals surface area contributed by atoms with E-state index < -0.39 is 55.6 Å². The lowest BCUT2D eigenvalue weighted by atomic mass is 9.98. The second kappa shape index (κ2) is 45.3. The lowest BCUT2D eigenvalue weighted by Crippen LogP contribution is -2.60. The molecule has 0 spiro atoms. The van der Waals surface area contributed by atoms with Gasteiger partial charge in [0.2, 0.25) is 5.91 Å². The molecular weight excluding hydrogens is 833 g/mol. The lowest BCUT2D eigenvalue weighted by molar-refractivity contribution is -0.303. The first-order valence-electron chi connectivity index (χ1n) is 28.5. The van der Waals surface area contributed by atoms with Crippen LogP contribution in [0.5, 0.6) is 0 Å². The van der Waals surface area contributed by atoms with Gasteiger partial charge in [-0.15, -0.1) is 0 Å². The number of ether oxygens (including phenoxy) is 2. The van der Waals surface area contributed by atoms with Gasteiger partial charge < -0.3 is 50.3 Å². The topological polar surface area (TPSA) is 172 Å². The van der Waals surface area contributed by atoms with Gasteiger partial charge in [0.1, 0.15) is 30.5 Å². The average molecular weight is 943 g/mol. The lowest BCUT2D eigenvalue weighted by Gasteiger charge is -2.40. The quantitative estimate of drug-likeness (QED) is 0.0291. The van der Waals surface area contributed by atoms with E-state index in [1.54, 1.807) is 0 Å². The van der Waals surface area contributed by atoms with Crippen molar-refractivity contribution in [3.8, 4) is 0 Å². The molecule has 0 saturated carbocycles. The molecule has 1 fully saturated rings. The molecule has 0 aromatic heterocycles. The summed E-state index contributed by atoms with van der Waals surface area (Å²) < 4.78 is 11.3. The molecule has 0 aliphatic carbocycles. The molecule has 1 rings (SSSR count). The number of amides is 1. The Balaban J connectivity index is 2.52. The summed E-state index contributed by atoms with van der Waals surface area (Å²) in [5.41, 5.74) is 0. The predicted octanol–water partition coefficient (Wildman–Crippen LogP) is 11.2. The molecule has 8 atom stereocenters. The maximum absolute atomic E-state index is 13.2. The molecule has 0 bridgehead atoms. The Kier molecular flexibility index (Phi) is 43.3. The van der Waals surface area contributed by atoms with Gasteiger partial charge in [-0.1, -0.05) is 226 Å². The van der Waals surface area contributed by atoms with Gasteiger partial charge in [-0.25, -0.2) is 0 Å². The molecule has 394 valence electrons. The van der Waals surface area contributed by atoms with Crippen LogP contribution in [0.3, 0.4) is 0 Å². The van der Waals surface area contributed by atoms with Crippen molar-refractivity contribution < 1.29 is 44.9 Å². The molecule has 0 radical (unpaired) electrons. The van der Waals surface area contributed by atoms with Crippen LogP contribution < -0.4 is 5.32 Å². The van der Waals surface area contributed by atoms with E-state index in [9.17, 15) is 35.4 Å². The smallest absolute Gasteiger partial charge is 0.220 e. The maximum Gasteiger partial charge on any atom is 0.220 e. The van der Waals surface area contributed by atoms with E-state index in [0.29, 0.717) is 12.8 Å². The molecule has 7 N–H and O–H groups in total. The minimum atomic E-state index is -1.61. The van der Waals surface area contributed by atoms with Crippen molar-refractivity contribution in [2.75, 3.05) is 32.8 Å². The Morgan fingerprint density at radius 2 is 0.879 bits per heavy atom. The molecule has 11 heteroatoms. The van der Waals surface area contributed by atoms with Gasteiger partial charge in [0.05, 0.1) is 25.4 Å². The zero-order chi connectivity index (χ0) is 48.3. The van der Waals surface area contributed by atoms with E-state index in [-0.39, 0.29) is 18.9 Å². The van der Waals surface area contributed by atoms with Crippen molar-refractivity contribution in [1.82, 2.24) is 10.2 Å². The number of aliphatic hydroxyl groups excluding tert-OH is 6. The molecule has 1 heterocycles. The third-order valence-electron chi connectivity index (χ3n) is 14.1. The zero-order valence-electron chi connectivity index (χ0n) is 43.4. The van der Waals surface area contributed by atoms with E-state index in [0.717, 1.165) is 44.9 Å². The van der Waals surface area contributed by atoms with Crippen LogP contribution in [0.2, 0.25) is 0 Å². The van der Waals surface area contributed by atoms with Crippen molar-refractivity contribution in [3.63, 3.8) is 0 Å². The van der Waals surface area contributed by atoms with Crippen LogP contribution in [0.4, 0.5) is 0 Å². The van der Waals surface area contributed by atoms with Gasteiger partial charge >= 0.3 is 0 Å². The summed E-state index contributed by atoms with van der Waals surface area (Å²) in [5.74, 6) is -0.252. The fraction of sp³-hybridized carbons (Fsp3) is 0.982. The predicted molar refractivity (Wildman–Crippen MR) is 273 cm³/mol. The second-order valence-electron chi connectivity index (χ2n) is 20.3. The molecule has 66 heavy (non-hydrogen) atoms. The molecule has 0 aromatic rings. The molecule has 1 aliphatic heterocycles. The Hall–Kier alpha value is -0.890. The zero-order valence-corrected chi connectivity index (χ0v) is 43.4. The number of hydrogen-bond donors (Lipinski definition) is 7. The maximum atomic E-state index is 13.2. The largest absolute Gasteiger partial charge is 0.394 e. The Bertz CT molecular complexity index is 1020. The van der Waals surface area contributed by atoms with Crippen molar-refractivity contribution in [2.24, 2.45) is 0 Å². The number of hydrogen-bond acceptors (Lipinski definition) is 10. The summed E-state index contributed by atoms with van der Waals surface area (Å²) in [6.45, 7) is 9.53. The van der Waals surface area contributed by atoms with Gasteiger partial charge in [-0.05, 0) is 51.7 Å². The van der Waals surface area contributed by atoms with Crippen molar-refractivity contribution >= 4 is 5.91 Å². The number of unbranched alkanes of at least 4 members (excludes halogenated alkanes) is 32. The number of rotatable bonds is 49. The molecule has 11 nitrogen and oxygen atoms in total. The normalized spacial score (nSPS) is 20.2. The fourth-order valence-electron chi connectivity index (χ4n) is 9.50. The number of nitrogens with one attached hydrogen (secondary N) is 1. The van der Waals surface area contributed by atoms with Gasteiger partial charge in [0, 0.05) is 6.42 Å². The third kappa shape index (κ3) is 33.6. The monoisotopic (exact) mass is 943 g/mol. The van der Waals surface area contributed by atoms with E-state index in [1.807, 2.05) is 0 Å². The first kappa shape index (κ1) is 63.1. The first-order chi connectivity index (χ1) is 32.2. The molecule has 1 saturated heterocycles.